The maximum absolute atomic E-state index is 12.4. The highest BCUT2D eigenvalue weighted by Gasteiger charge is 2.27. The van der Waals surface area contributed by atoms with Gasteiger partial charge in [0.25, 0.3) is 0 Å². The summed E-state index contributed by atoms with van der Waals surface area (Å²) in [6.45, 7) is 2.50. The Bertz CT molecular complexity index is 963. The van der Waals surface area contributed by atoms with E-state index in [1.165, 1.54) is 0 Å². The Morgan fingerprint density at radius 2 is 2.04 bits per heavy atom. The summed E-state index contributed by atoms with van der Waals surface area (Å²) in [4.78, 5) is 16.9. The summed E-state index contributed by atoms with van der Waals surface area (Å²) in [5, 5.41) is 4.75. The van der Waals surface area contributed by atoms with Gasteiger partial charge in [-0.15, -0.1) is 0 Å². The predicted octanol–water partition coefficient (Wildman–Crippen LogP) is 4.07. The summed E-state index contributed by atoms with van der Waals surface area (Å²) in [6.07, 6.45) is 3.11. The number of halogens is 1. The second kappa shape index (κ2) is 6.35. The fourth-order valence-corrected chi connectivity index (χ4v) is 3.75. The highest BCUT2D eigenvalue weighted by Crippen LogP contribution is 2.32. The van der Waals surface area contributed by atoms with Crippen molar-refractivity contribution in [1.29, 1.82) is 0 Å². The van der Waals surface area contributed by atoms with Gasteiger partial charge in [-0.3, -0.25) is 4.79 Å². The minimum absolute atomic E-state index is 0.150. The van der Waals surface area contributed by atoms with Crippen molar-refractivity contribution in [3.05, 3.63) is 51.9 Å². The number of carbonyl (C=O) groups is 1. The lowest BCUT2D eigenvalue weighted by Crippen LogP contribution is -2.21. The molecule has 128 valence electrons. The maximum atomic E-state index is 12.4. The zero-order valence-electron chi connectivity index (χ0n) is 14.1. The number of rotatable bonds is 3. The molecule has 1 aliphatic carbocycles. The van der Waals surface area contributed by atoms with Gasteiger partial charge < -0.3 is 4.74 Å². The highest BCUT2D eigenvalue weighted by atomic mass is 79.9. The standard InChI is InChI=1S/C19H18BrN3O2/c1-11-7-16-14(17(24)8-11)9-21-19-18(12-3-5-13(20)6-4-12)15(10-25-2)22-23(16)19/h3-6,9,11H,7-8,10H2,1-2H3/t11-/m1/s1. The van der Waals surface area contributed by atoms with Crippen LogP contribution in [0, 0.1) is 5.92 Å². The Morgan fingerprint density at radius 1 is 1.28 bits per heavy atom. The molecule has 0 fully saturated rings. The molecular weight excluding hydrogens is 382 g/mol. The number of nitrogens with zero attached hydrogens (tertiary/aromatic N) is 3. The van der Waals surface area contributed by atoms with Crippen LogP contribution in [0.1, 0.15) is 35.1 Å². The van der Waals surface area contributed by atoms with Crippen molar-refractivity contribution < 1.29 is 9.53 Å². The Morgan fingerprint density at radius 3 is 2.76 bits per heavy atom. The highest BCUT2D eigenvalue weighted by molar-refractivity contribution is 9.10. The van der Waals surface area contributed by atoms with Crippen molar-refractivity contribution in [3.8, 4) is 11.1 Å². The molecule has 0 aliphatic heterocycles. The first-order valence-electron chi connectivity index (χ1n) is 8.26. The van der Waals surface area contributed by atoms with Crippen molar-refractivity contribution >= 4 is 27.4 Å². The Labute approximate surface area is 154 Å². The third-order valence-electron chi connectivity index (χ3n) is 4.61. The van der Waals surface area contributed by atoms with Gasteiger partial charge in [-0.05, 0) is 30.0 Å². The van der Waals surface area contributed by atoms with Crippen molar-refractivity contribution in [3.63, 3.8) is 0 Å². The second-order valence-corrected chi connectivity index (χ2v) is 7.47. The summed E-state index contributed by atoms with van der Waals surface area (Å²) in [6, 6.07) is 8.07. The molecule has 1 atom stereocenters. The summed E-state index contributed by atoms with van der Waals surface area (Å²) in [7, 11) is 1.66. The van der Waals surface area contributed by atoms with Crippen LogP contribution in [-0.2, 0) is 17.8 Å². The predicted molar refractivity (Wildman–Crippen MR) is 98.7 cm³/mol. The van der Waals surface area contributed by atoms with Gasteiger partial charge in [0.2, 0.25) is 0 Å². The zero-order chi connectivity index (χ0) is 17.6. The number of aromatic nitrogens is 3. The van der Waals surface area contributed by atoms with Crippen LogP contribution in [0.15, 0.2) is 34.9 Å². The van der Waals surface area contributed by atoms with Gasteiger partial charge in [0.15, 0.2) is 11.4 Å². The van der Waals surface area contributed by atoms with Crippen LogP contribution in [-0.4, -0.2) is 27.5 Å². The van der Waals surface area contributed by atoms with E-state index in [1.807, 2.05) is 28.8 Å². The number of benzene rings is 1. The molecule has 2 heterocycles. The van der Waals surface area contributed by atoms with Crippen LogP contribution in [0.4, 0.5) is 0 Å². The molecule has 5 nitrogen and oxygen atoms in total. The number of hydrogen-bond donors (Lipinski definition) is 0. The van der Waals surface area contributed by atoms with Crippen LogP contribution in [0.25, 0.3) is 16.8 Å². The van der Waals surface area contributed by atoms with Gasteiger partial charge >= 0.3 is 0 Å². The van der Waals surface area contributed by atoms with Crippen molar-refractivity contribution in [2.45, 2.75) is 26.4 Å². The van der Waals surface area contributed by atoms with Gasteiger partial charge in [0, 0.05) is 24.2 Å². The van der Waals surface area contributed by atoms with Crippen molar-refractivity contribution in [2.75, 3.05) is 7.11 Å². The Kier molecular flexibility index (Phi) is 4.17. The third-order valence-corrected chi connectivity index (χ3v) is 5.13. The minimum atomic E-state index is 0.150. The molecule has 0 amide bonds. The lowest BCUT2D eigenvalue weighted by atomic mass is 9.88. The molecule has 3 aromatic rings. The first kappa shape index (κ1) is 16.4. The van der Waals surface area contributed by atoms with E-state index in [4.69, 9.17) is 9.84 Å². The van der Waals surface area contributed by atoms with E-state index >= 15 is 0 Å². The van der Waals surface area contributed by atoms with E-state index in [2.05, 4.69) is 27.8 Å². The Balaban J connectivity index is 1.99. The van der Waals surface area contributed by atoms with E-state index in [-0.39, 0.29) is 5.78 Å². The monoisotopic (exact) mass is 399 g/mol. The van der Waals surface area contributed by atoms with E-state index in [0.29, 0.717) is 24.5 Å². The first-order valence-corrected chi connectivity index (χ1v) is 9.05. The number of methoxy groups -OCH3 is 1. The molecule has 6 heteroatoms. The summed E-state index contributed by atoms with van der Waals surface area (Å²) < 4.78 is 8.21. The maximum Gasteiger partial charge on any atom is 0.166 e. The van der Waals surface area contributed by atoms with Gasteiger partial charge in [0.05, 0.1) is 29.1 Å². The van der Waals surface area contributed by atoms with Crippen LogP contribution < -0.4 is 0 Å². The topological polar surface area (TPSA) is 56.5 Å². The Hall–Kier alpha value is -2.05. The molecule has 0 N–H and O–H groups in total. The number of carbonyl (C=O) groups excluding carboxylic acids is 1. The lowest BCUT2D eigenvalue weighted by Gasteiger charge is -2.20. The van der Waals surface area contributed by atoms with Gasteiger partial charge in [-0.25, -0.2) is 9.50 Å². The van der Waals surface area contributed by atoms with Crippen LogP contribution >= 0.6 is 15.9 Å². The molecule has 0 unspecified atom stereocenters. The minimum Gasteiger partial charge on any atom is -0.378 e. The molecule has 1 aromatic carbocycles. The summed E-state index contributed by atoms with van der Waals surface area (Å²) in [5.41, 5.74) is 5.25. The SMILES string of the molecule is COCc1nn2c3c(cnc2c1-c1ccc(Br)cc1)C(=O)C[C@H](C)C3. The molecule has 2 aromatic heterocycles. The fraction of sp³-hybridized carbons (Fsp3) is 0.316. The van der Waals surface area contributed by atoms with Gasteiger partial charge in [0.1, 0.15) is 0 Å². The number of Topliss-reactive ketones (excluding diaryl/α,β-unsaturated/α-hetero) is 1. The van der Waals surface area contributed by atoms with Crippen LogP contribution in [0.5, 0.6) is 0 Å². The van der Waals surface area contributed by atoms with E-state index < -0.39 is 0 Å². The molecule has 0 bridgehead atoms. The van der Waals surface area contributed by atoms with E-state index in [0.717, 1.165) is 39.1 Å². The quantitative estimate of drug-likeness (QED) is 0.665. The lowest BCUT2D eigenvalue weighted by molar-refractivity contribution is 0.0951. The molecule has 0 radical (unpaired) electrons. The molecule has 0 spiro atoms. The molecule has 25 heavy (non-hydrogen) atoms. The zero-order valence-corrected chi connectivity index (χ0v) is 15.7. The van der Waals surface area contributed by atoms with Gasteiger partial charge in [-0.1, -0.05) is 35.0 Å². The molecule has 0 saturated carbocycles. The molecule has 1 aliphatic rings. The summed E-state index contributed by atoms with van der Waals surface area (Å²) in [5.74, 6) is 0.467. The van der Waals surface area contributed by atoms with Crippen molar-refractivity contribution in [2.24, 2.45) is 5.92 Å². The molecule has 0 saturated heterocycles. The van der Waals surface area contributed by atoms with Crippen LogP contribution in [0.3, 0.4) is 0 Å². The summed E-state index contributed by atoms with van der Waals surface area (Å²) >= 11 is 3.47. The first-order chi connectivity index (χ1) is 12.1. The van der Waals surface area contributed by atoms with Crippen LogP contribution in [0.2, 0.25) is 0 Å². The van der Waals surface area contributed by atoms with Crippen molar-refractivity contribution in [1.82, 2.24) is 14.6 Å². The number of ketones is 1. The third kappa shape index (κ3) is 2.79. The number of ether oxygens (including phenoxy) is 1. The molecule has 4 rings (SSSR count). The van der Waals surface area contributed by atoms with E-state index in [9.17, 15) is 4.79 Å². The van der Waals surface area contributed by atoms with E-state index in [1.54, 1.807) is 13.3 Å². The average Bonchev–Trinajstić information content (AvgIpc) is 2.94. The average molecular weight is 400 g/mol. The fourth-order valence-electron chi connectivity index (χ4n) is 3.48. The largest absolute Gasteiger partial charge is 0.378 e. The normalized spacial score (nSPS) is 17.1. The number of fused-ring (bicyclic) bond motifs is 3. The molecular formula is C19H18BrN3O2. The second-order valence-electron chi connectivity index (χ2n) is 6.55. The van der Waals surface area contributed by atoms with Gasteiger partial charge in [-0.2, -0.15) is 5.10 Å². The number of hydrogen-bond acceptors (Lipinski definition) is 4. The smallest absolute Gasteiger partial charge is 0.166 e.